The third-order valence-electron chi connectivity index (χ3n) is 3.26. The number of nitrogens with zero attached hydrogens (tertiary/aromatic N) is 1. The van der Waals surface area contributed by atoms with Crippen molar-refractivity contribution in [1.82, 2.24) is 4.31 Å². The van der Waals surface area contributed by atoms with E-state index in [-0.39, 0.29) is 0 Å². The van der Waals surface area contributed by atoms with Crippen LogP contribution in [0.25, 0.3) is 0 Å². The summed E-state index contributed by atoms with van der Waals surface area (Å²) < 4.78 is 26.6. The van der Waals surface area contributed by atoms with Gasteiger partial charge in [0, 0.05) is 13.1 Å². The van der Waals surface area contributed by atoms with Crippen LogP contribution in [-0.4, -0.2) is 25.8 Å². The van der Waals surface area contributed by atoms with Crippen molar-refractivity contribution in [2.45, 2.75) is 24.7 Å². The Kier molecular flexibility index (Phi) is 4.22. The van der Waals surface area contributed by atoms with Crippen LogP contribution in [0.1, 0.15) is 18.4 Å². The van der Waals surface area contributed by atoms with E-state index >= 15 is 0 Å². The maximum absolute atomic E-state index is 12.5. The van der Waals surface area contributed by atoms with Crippen molar-refractivity contribution in [3.8, 4) is 0 Å². The van der Waals surface area contributed by atoms with E-state index in [1.54, 1.807) is 16.4 Å². The number of hydrogen-bond donors (Lipinski definition) is 0. The molecule has 4 heteroatoms. The Morgan fingerprint density at radius 1 is 1.32 bits per heavy atom. The SMILES string of the molecule is C=CCC1=CCCN(S(=O)(=O)c2ccc(C)cc2)C1. The Morgan fingerprint density at radius 3 is 2.63 bits per heavy atom. The van der Waals surface area contributed by atoms with Crippen LogP contribution in [0.3, 0.4) is 0 Å². The first-order valence-electron chi connectivity index (χ1n) is 6.39. The molecule has 0 saturated carbocycles. The molecule has 1 aliphatic heterocycles. The summed E-state index contributed by atoms with van der Waals surface area (Å²) in [5.74, 6) is 0. The van der Waals surface area contributed by atoms with Crippen LogP contribution < -0.4 is 0 Å². The summed E-state index contributed by atoms with van der Waals surface area (Å²) in [4.78, 5) is 0.373. The Bertz CT molecular complexity index is 585. The van der Waals surface area contributed by atoms with E-state index in [4.69, 9.17) is 0 Å². The van der Waals surface area contributed by atoms with E-state index in [9.17, 15) is 8.42 Å². The second kappa shape index (κ2) is 5.72. The van der Waals surface area contributed by atoms with Gasteiger partial charge in [-0.15, -0.1) is 6.58 Å². The highest BCUT2D eigenvalue weighted by Gasteiger charge is 2.26. The van der Waals surface area contributed by atoms with Gasteiger partial charge in [-0.05, 0) is 31.9 Å². The van der Waals surface area contributed by atoms with Crippen LogP contribution in [0, 0.1) is 6.92 Å². The van der Waals surface area contributed by atoms with Crippen molar-refractivity contribution in [1.29, 1.82) is 0 Å². The minimum Gasteiger partial charge on any atom is -0.207 e. The van der Waals surface area contributed by atoms with Gasteiger partial charge in [-0.3, -0.25) is 0 Å². The van der Waals surface area contributed by atoms with Crippen LogP contribution >= 0.6 is 0 Å². The van der Waals surface area contributed by atoms with Crippen LogP contribution in [0.4, 0.5) is 0 Å². The number of sulfonamides is 1. The average molecular weight is 277 g/mol. The molecule has 0 N–H and O–H groups in total. The zero-order valence-electron chi connectivity index (χ0n) is 11.2. The fourth-order valence-corrected chi connectivity index (χ4v) is 3.64. The van der Waals surface area contributed by atoms with Gasteiger partial charge in [-0.2, -0.15) is 4.31 Å². The zero-order chi connectivity index (χ0) is 13.9. The molecule has 19 heavy (non-hydrogen) atoms. The molecular weight excluding hydrogens is 258 g/mol. The molecular formula is C15H19NO2S. The molecule has 1 heterocycles. The molecule has 102 valence electrons. The van der Waals surface area contributed by atoms with E-state index < -0.39 is 10.0 Å². The van der Waals surface area contributed by atoms with E-state index in [1.807, 2.05) is 25.1 Å². The maximum atomic E-state index is 12.5. The Labute approximate surface area is 115 Å². The van der Waals surface area contributed by atoms with Gasteiger partial charge >= 0.3 is 0 Å². The molecule has 0 aromatic heterocycles. The second-order valence-corrected chi connectivity index (χ2v) is 6.73. The third kappa shape index (κ3) is 3.14. The highest BCUT2D eigenvalue weighted by molar-refractivity contribution is 7.89. The Balaban J connectivity index is 2.23. The molecule has 0 aliphatic carbocycles. The molecule has 0 amide bonds. The Hall–Kier alpha value is -1.39. The molecule has 1 aromatic rings. The first kappa shape index (κ1) is 14.0. The van der Waals surface area contributed by atoms with Crippen molar-refractivity contribution in [3.63, 3.8) is 0 Å². The summed E-state index contributed by atoms with van der Waals surface area (Å²) in [7, 11) is -3.37. The van der Waals surface area contributed by atoms with Gasteiger partial charge in [0.2, 0.25) is 10.0 Å². The fraction of sp³-hybridized carbons (Fsp3) is 0.333. The molecule has 1 aromatic carbocycles. The summed E-state index contributed by atoms with van der Waals surface area (Å²) in [5.41, 5.74) is 2.18. The first-order chi connectivity index (χ1) is 9.04. The summed E-state index contributed by atoms with van der Waals surface area (Å²) in [6.07, 6.45) is 5.45. The van der Waals surface area contributed by atoms with E-state index in [0.29, 0.717) is 18.0 Å². The van der Waals surface area contributed by atoms with Crippen LogP contribution in [-0.2, 0) is 10.0 Å². The van der Waals surface area contributed by atoms with Gasteiger partial charge in [0.25, 0.3) is 0 Å². The number of benzene rings is 1. The van der Waals surface area contributed by atoms with Crippen molar-refractivity contribution < 1.29 is 8.42 Å². The minimum atomic E-state index is -3.37. The highest BCUT2D eigenvalue weighted by Crippen LogP contribution is 2.22. The normalized spacial score (nSPS) is 17.0. The third-order valence-corrected chi connectivity index (χ3v) is 5.12. The largest absolute Gasteiger partial charge is 0.243 e. The topological polar surface area (TPSA) is 37.4 Å². The summed E-state index contributed by atoms with van der Waals surface area (Å²) >= 11 is 0. The van der Waals surface area contributed by atoms with Gasteiger partial charge in [0.1, 0.15) is 0 Å². The molecule has 0 atom stereocenters. The number of rotatable bonds is 4. The van der Waals surface area contributed by atoms with Gasteiger partial charge < -0.3 is 0 Å². The standard InChI is InChI=1S/C15H19NO2S/c1-3-5-14-6-4-11-16(12-14)19(17,18)15-9-7-13(2)8-10-15/h3,6-10H,1,4-5,11-12H2,2H3. The lowest BCUT2D eigenvalue weighted by atomic mass is 10.1. The van der Waals surface area contributed by atoms with Crippen molar-refractivity contribution >= 4 is 10.0 Å². The van der Waals surface area contributed by atoms with Crippen molar-refractivity contribution in [2.24, 2.45) is 0 Å². The average Bonchev–Trinajstić information content (AvgIpc) is 2.40. The predicted octanol–water partition coefficient (Wildman–Crippen LogP) is 2.89. The number of hydrogen-bond acceptors (Lipinski definition) is 2. The van der Waals surface area contributed by atoms with Crippen molar-refractivity contribution in [2.75, 3.05) is 13.1 Å². The number of allylic oxidation sites excluding steroid dienone is 1. The smallest absolute Gasteiger partial charge is 0.207 e. The van der Waals surface area contributed by atoms with Crippen LogP contribution in [0.15, 0.2) is 53.5 Å². The van der Waals surface area contributed by atoms with Gasteiger partial charge in [-0.25, -0.2) is 8.42 Å². The maximum Gasteiger partial charge on any atom is 0.243 e. The zero-order valence-corrected chi connectivity index (χ0v) is 12.0. The number of aryl methyl sites for hydroxylation is 1. The second-order valence-electron chi connectivity index (χ2n) is 4.80. The predicted molar refractivity (Wildman–Crippen MR) is 77.5 cm³/mol. The monoisotopic (exact) mass is 277 g/mol. The van der Waals surface area contributed by atoms with Crippen molar-refractivity contribution in [3.05, 3.63) is 54.1 Å². The fourth-order valence-electron chi connectivity index (χ4n) is 2.18. The molecule has 2 rings (SSSR count). The molecule has 0 radical (unpaired) electrons. The Morgan fingerprint density at radius 2 is 2.00 bits per heavy atom. The van der Waals surface area contributed by atoms with Crippen LogP contribution in [0.5, 0.6) is 0 Å². The van der Waals surface area contributed by atoms with E-state index in [0.717, 1.165) is 24.0 Å². The first-order valence-corrected chi connectivity index (χ1v) is 7.83. The summed E-state index contributed by atoms with van der Waals surface area (Å²) in [5, 5.41) is 0. The minimum absolute atomic E-state index is 0.373. The van der Waals surface area contributed by atoms with Crippen LogP contribution in [0.2, 0.25) is 0 Å². The lowest BCUT2D eigenvalue weighted by Crippen LogP contribution is -2.35. The summed E-state index contributed by atoms with van der Waals surface area (Å²) in [6, 6.07) is 7.01. The lowest BCUT2D eigenvalue weighted by Gasteiger charge is -2.26. The molecule has 1 aliphatic rings. The highest BCUT2D eigenvalue weighted by atomic mass is 32.2. The molecule has 0 spiro atoms. The van der Waals surface area contributed by atoms with E-state index in [1.165, 1.54) is 0 Å². The summed E-state index contributed by atoms with van der Waals surface area (Å²) in [6.45, 7) is 6.67. The molecule has 0 fully saturated rings. The van der Waals surface area contributed by atoms with Gasteiger partial charge in [-0.1, -0.05) is 35.4 Å². The molecule has 0 unspecified atom stereocenters. The van der Waals surface area contributed by atoms with E-state index in [2.05, 4.69) is 12.7 Å². The lowest BCUT2D eigenvalue weighted by molar-refractivity contribution is 0.425. The molecule has 3 nitrogen and oxygen atoms in total. The van der Waals surface area contributed by atoms with Gasteiger partial charge in [0.05, 0.1) is 4.90 Å². The quantitative estimate of drug-likeness (QED) is 0.794. The molecule has 0 saturated heterocycles. The van der Waals surface area contributed by atoms with Gasteiger partial charge in [0.15, 0.2) is 0 Å². The molecule has 0 bridgehead atoms.